The summed E-state index contributed by atoms with van der Waals surface area (Å²) in [5, 5.41) is 9.71. The van der Waals surface area contributed by atoms with E-state index in [0.29, 0.717) is 12.8 Å². The van der Waals surface area contributed by atoms with Crippen molar-refractivity contribution >= 4 is 11.9 Å². The summed E-state index contributed by atoms with van der Waals surface area (Å²) in [6, 6.07) is 0. The molecule has 0 aromatic heterocycles. The highest BCUT2D eigenvalue weighted by Crippen LogP contribution is 2.19. The number of esters is 2. The van der Waals surface area contributed by atoms with E-state index >= 15 is 0 Å². The van der Waals surface area contributed by atoms with Crippen molar-refractivity contribution in [2.75, 3.05) is 13.2 Å². The van der Waals surface area contributed by atoms with E-state index in [1.165, 1.54) is 276 Å². The first kappa shape index (κ1) is 77.3. The molecular formula is C75H136O5. The van der Waals surface area contributed by atoms with Crippen molar-refractivity contribution in [3.05, 3.63) is 72.9 Å². The minimum absolute atomic E-state index is 0.0616. The number of hydrogen-bond acceptors (Lipinski definition) is 5. The van der Waals surface area contributed by atoms with Crippen molar-refractivity contribution in [3.8, 4) is 0 Å². The smallest absolute Gasteiger partial charge is 0.306 e. The highest BCUT2D eigenvalue weighted by Gasteiger charge is 2.16. The third kappa shape index (κ3) is 67.8. The normalized spacial score (nSPS) is 12.6. The van der Waals surface area contributed by atoms with Gasteiger partial charge in [0.05, 0.1) is 6.61 Å². The van der Waals surface area contributed by atoms with Crippen LogP contribution in [0.2, 0.25) is 0 Å². The lowest BCUT2D eigenvalue weighted by molar-refractivity contribution is -0.161. The summed E-state index contributed by atoms with van der Waals surface area (Å²) >= 11 is 0. The molecule has 0 aliphatic rings. The molecule has 0 heterocycles. The first-order valence-electron chi connectivity index (χ1n) is 35.5. The minimum Gasteiger partial charge on any atom is -0.462 e. The third-order valence-electron chi connectivity index (χ3n) is 16.0. The average molecular weight is 1120 g/mol. The van der Waals surface area contributed by atoms with Gasteiger partial charge in [-0.25, -0.2) is 0 Å². The molecule has 0 aromatic rings. The fraction of sp³-hybridized carbons (Fsp3) is 0.813. The van der Waals surface area contributed by atoms with Gasteiger partial charge in [-0.3, -0.25) is 9.59 Å². The zero-order valence-corrected chi connectivity index (χ0v) is 53.6. The number of aliphatic hydroxyl groups excluding tert-OH is 1. The van der Waals surface area contributed by atoms with E-state index in [1.54, 1.807) is 0 Å². The van der Waals surface area contributed by atoms with Gasteiger partial charge in [-0.15, -0.1) is 0 Å². The molecule has 1 atom stereocenters. The van der Waals surface area contributed by atoms with E-state index in [-0.39, 0.29) is 25.2 Å². The standard InChI is InChI=1S/C75H136O5/c1-3-5-7-9-11-13-15-17-19-21-23-25-27-29-31-33-35-37-39-41-43-45-47-49-51-53-55-57-59-61-63-65-67-69-74(77)79-72-73(71-76)80-75(78)70-68-66-64-62-60-58-56-54-52-50-48-46-44-42-40-38-36-34-32-30-28-26-24-22-20-18-16-14-12-10-8-6-4-2/h6,8,12,14-15,17-18,20-21,23-24,26,73,76H,3-5,7,9-11,13,16,19,22,25,27-72H2,1-2H3/b8-6-,14-12-,17-15-,20-18-,23-21-,26-24-. The van der Waals surface area contributed by atoms with Gasteiger partial charge < -0.3 is 14.6 Å². The Morgan fingerprint density at radius 1 is 0.300 bits per heavy atom. The number of carbonyl (C=O) groups is 2. The first-order chi connectivity index (χ1) is 39.6. The molecule has 0 fully saturated rings. The number of hydrogen-bond donors (Lipinski definition) is 1. The van der Waals surface area contributed by atoms with Crippen LogP contribution in [0.15, 0.2) is 72.9 Å². The van der Waals surface area contributed by atoms with Crippen LogP contribution in [0.1, 0.15) is 373 Å². The maximum atomic E-state index is 12.4. The van der Waals surface area contributed by atoms with Gasteiger partial charge in [-0.2, -0.15) is 0 Å². The van der Waals surface area contributed by atoms with Gasteiger partial charge in [0.25, 0.3) is 0 Å². The van der Waals surface area contributed by atoms with E-state index in [1.807, 2.05) is 0 Å². The van der Waals surface area contributed by atoms with Gasteiger partial charge in [0, 0.05) is 12.8 Å². The maximum Gasteiger partial charge on any atom is 0.306 e. The predicted octanol–water partition coefficient (Wildman–Crippen LogP) is 24.7. The largest absolute Gasteiger partial charge is 0.462 e. The summed E-state index contributed by atoms with van der Waals surface area (Å²) in [7, 11) is 0. The van der Waals surface area contributed by atoms with Gasteiger partial charge >= 0.3 is 11.9 Å². The fourth-order valence-electron chi connectivity index (χ4n) is 10.7. The molecular weight excluding hydrogens is 981 g/mol. The van der Waals surface area contributed by atoms with Crippen molar-refractivity contribution < 1.29 is 24.2 Å². The molecule has 1 N–H and O–H groups in total. The number of rotatable bonds is 66. The minimum atomic E-state index is -0.773. The van der Waals surface area contributed by atoms with Crippen LogP contribution in [0.3, 0.4) is 0 Å². The summed E-state index contributed by atoms with van der Waals surface area (Å²) in [6.07, 6.45) is 98.0. The summed E-state index contributed by atoms with van der Waals surface area (Å²) in [5.74, 6) is -0.570. The Kier molecular flexibility index (Phi) is 68.3. The first-order valence-corrected chi connectivity index (χ1v) is 35.5. The number of aliphatic hydroxyl groups is 1. The predicted molar refractivity (Wildman–Crippen MR) is 353 cm³/mol. The monoisotopic (exact) mass is 1120 g/mol. The molecule has 0 amide bonds. The summed E-state index contributed by atoms with van der Waals surface area (Å²) in [5.41, 5.74) is 0. The molecule has 0 radical (unpaired) electrons. The number of allylic oxidation sites excluding steroid dienone is 12. The molecule has 0 spiro atoms. The van der Waals surface area contributed by atoms with Crippen LogP contribution in [0.25, 0.3) is 0 Å². The van der Waals surface area contributed by atoms with E-state index in [4.69, 9.17) is 9.47 Å². The Morgan fingerprint density at radius 2 is 0.537 bits per heavy atom. The highest BCUT2D eigenvalue weighted by atomic mass is 16.6. The maximum absolute atomic E-state index is 12.4. The Hall–Kier alpha value is -2.66. The molecule has 5 heteroatoms. The number of ether oxygens (including phenoxy) is 2. The van der Waals surface area contributed by atoms with Crippen LogP contribution >= 0.6 is 0 Å². The molecule has 0 saturated heterocycles. The van der Waals surface area contributed by atoms with Crippen molar-refractivity contribution in [1.82, 2.24) is 0 Å². The quantitative estimate of drug-likeness (QED) is 0.0373. The number of carbonyl (C=O) groups excluding carboxylic acids is 2. The second kappa shape index (κ2) is 70.6. The zero-order valence-electron chi connectivity index (χ0n) is 53.6. The Labute approximate surface area is 499 Å². The SMILES string of the molecule is CC/C=C\C/C=C\C/C=C\C/C=C\CCCCCCCCCCCCCCCCCCCCCCC(=O)OC(CO)COC(=O)CCCCCCCCCCCCCCCCCCCCCCC/C=C\C/C=C\CCCCCCC. The summed E-state index contributed by atoms with van der Waals surface area (Å²) in [6.45, 7) is 4.07. The van der Waals surface area contributed by atoms with E-state index in [2.05, 4.69) is 86.8 Å². The summed E-state index contributed by atoms with van der Waals surface area (Å²) < 4.78 is 10.8. The third-order valence-corrected chi connectivity index (χ3v) is 16.0. The molecule has 0 aliphatic heterocycles. The van der Waals surface area contributed by atoms with Gasteiger partial charge in [-0.1, -0.05) is 350 Å². The molecule has 5 nitrogen and oxygen atoms in total. The zero-order chi connectivity index (χ0) is 57.6. The summed E-state index contributed by atoms with van der Waals surface area (Å²) in [4.78, 5) is 24.7. The second-order valence-corrected chi connectivity index (χ2v) is 23.9. The molecule has 0 aliphatic carbocycles. The van der Waals surface area contributed by atoms with E-state index in [9.17, 15) is 14.7 Å². The molecule has 466 valence electrons. The van der Waals surface area contributed by atoms with Crippen molar-refractivity contribution in [1.29, 1.82) is 0 Å². The molecule has 0 rings (SSSR count). The van der Waals surface area contributed by atoms with E-state index in [0.717, 1.165) is 70.6 Å². The Morgan fingerprint density at radius 3 is 0.812 bits per heavy atom. The van der Waals surface area contributed by atoms with E-state index < -0.39 is 6.10 Å². The lowest BCUT2D eigenvalue weighted by Crippen LogP contribution is -2.28. The number of unbranched alkanes of at least 4 members (excludes halogenated alkanes) is 46. The molecule has 0 aromatic carbocycles. The Balaban J connectivity index is 3.40. The topological polar surface area (TPSA) is 72.8 Å². The fourth-order valence-corrected chi connectivity index (χ4v) is 10.7. The van der Waals surface area contributed by atoms with Crippen molar-refractivity contribution in [2.24, 2.45) is 0 Å². The van der Waals surface area contributed by atoms with Crippen LogP contribution in [0.4, 0.5) is 0 Å². The van der Waals surface area contributed by atoms with Crippen molar-refractivity contribution in [3.63, 3.8) is 0 Å². The van der Waals surface area contributed by atoms with Crippen molar-refractivity contribution in [2.45, 2.75) is 380 Å². The lowest BCUT2D eigenvalue weighted by atomic mass is 10.0. The lowest BCUT2D eigenvalue weighted by Gasteiger charge is -2.15. The van der Waals surface area contributed by atoms with Crippen LogP contribution in [0.5, 0.6) is 0 Å². The average Bonchev–Trinajstić information content (AvgIpc) is 3.46. The van der Waals surface area contributed by atoms with Crippen LogP contribution in [-0.2, 0) is 19.1 Å². The molecule has 1 unspecified atom stereocenters. The second-order valence-electron chi connectivity index (χ2n) is 23.9. The van der Waals surface area contributed by atoms with Gasteiger partial charge in [-0.05, 0) is 83.5 Å². The van der Waals surface area contributed by atoms with Gasteiger partial charge in [0.2, 0.25) is 0 Å². The molecule has 0 bridgehead atoms. The molecule has 0 saturated carbocycles. The molecule has 80 heavy (non-hydrogen) atoms. The van der Waals surface area contributed by atoms with Crippen LogP contribution in [0, 0.1) is 0 Å². The highest BCUT2D eigenvalue weighted by molar-refractivity contribution is 5.70. The Bertz CT molecular complexity index is 1400. The van der Waals surface area contributed by atoms with Crippen LogP contribution < -0.4 is 0 Å². The van der Waals surface area contributed by atoms with Gasteiger partial charge in [0.15, 0.2) is 6.10 Å². The van der Waals surface area contributed by atoms with Crippen LogP contribution in [-0.4, -0.2) is 36.4 Å². The van der Waals surface area contributed by atoms with Gasteiger partial charge in [0.1, 0.15) is 6.61 Å².